The zero-order chi connectivity index (χ0) is 11.8. The van der Waals surface area contributed by atoms with Crippen LogP contribution in [0.15, 0.2) is 11.1 Å². The van der Waals surface area contributed by atoms with Crippen LogP contribution in [0, 0.1) is 7.14 Å². The number of halogens is 5. The van der Waals surface area contributed by atoms with E-state index in [-0.39, 0.29) is 3.57 Å². The molecular weight excluding hydrogens is 477 g/mol. The van der Waals surface area contributed by atoms with Gasteiger partial charge in [0.05, 0.1) is 0 Å². The maximum Gasteiger partial charge on any atom is 0.281 e. The van der Waals surface area contributed by atoms with Crippen molar-refractivity contribution >= 4 is 64.9 Å². The van der Waals surface area contributed by atoms with Gasteiger partial charge in [-0.2, -0.15) is 0 Å². The third-order valence-electron chi connectivity index (χ3n) is 1.41. The van der Waals surface area contributed by atoms with Gasteiger partial charge in [-0.05, 0) is 45.2 Å². The summed E-state index contributed by atoms with van der Waals surface area (Å²) < 4.78 is 47.8. The van der Waals surface area contributed by atoms with Gasteiger partial charge in [0.25, 0.3) is 15.5 Å². The summed E-state index contributed by atoms with van der Waals surface area (Å²) in [4.78, 5) is 2.77. The van der Waals surface area contributed by atoms with Crippen molar-refractivity contribution < 1.29 is 17.2 Å². The molecule has 0 fully saturated rings. The smallest absolute Gasteiger partial charge is 0.253 e. The van der Waals surface area contributed by atoms with Crippen LogP contribution in [0.1, 0.15) is 12.1 Å². The number of nitrogens with zero attached hydrogens (tertiary/aromatic N) is 1. The van der Waals surface area contributed by atoms with E-state index in [0.29, 0.717) is 3.57 Å². The summed E-state index contributed by atoms with van der Waals surface area (Å²) in [6.45, 7) is 0. The highest BCUT2D eigenvalue weighted by Gasteiger charge is 2.27. The summed E-state index contributed by atoms with van der Waals surface area (Å²) in [6, 6.07) is 0. The maximum absolute atomic E-state index is 12.5. The van der Waals surface area contributed by atoms with Crippen molar-refractivity contribution in [2.24, 2.45) is 0 Å². The number of rotatable bonds is 2. The highest BCUT2D eigenvalue weighted by molar-refractivity contribution is 14.1. The van der Waals surface area contributed by atoms with Crippen molar-refractivity contribution in [1.82, 2.24) is 4.98 Å². The Morgan fingerprint density at radius 1 is 1.40 bits per heavy atom. The van der Waals surface area contributed by atoms with Crippen molar-refractivity contribution in [2.45, 2.75) is 11.3 Å². The first kappa shape index (κ1) is 13.8. The molecule has 0 unspecified atom stereocenters. The third-order valence-corrected chi connectivity index (χ3v) is 6.11. The van der Waals surface area contributed by atoms with Gasteiger partial charge in [-0.3, -0.25) is 4.98 Å². The number of pyridine rings is 1. The van der Waals surface area contributed by atoms with Crippen molar-refractivity contribution in [3.05, 3.63) is 19.0 Å². The van der Waals surface area contributed by atoms with Crippen LogP contribution in [-0.2, 0) is 9.05 Å². The van der Waals surface area contributed by atoms with Gasteiger partial charge in [-0.25, -0.2) is 17.2 Å². The maximum atomic E-state index is 12.5. The van der Waals surface area contributed by atoms with Crippen molar-refractivity contribution in [3.63, 3.8) is 0 Å². The number of hydrogen-bond donors (Lipinski definition) is 0. The largest absolute Gasteiger partial charge is 0.281 e. The van der Waals surface area contributed by atoms with Gasteiger partial charge < -0.3 is 0 Å². The molecular formula is C6H2ClF2I2NO2S. The molecule has 1 heterocycles. The Labute approximate surface area is 116 Å². The fourth-order valence-electron chi connectivity index (χ4n) is 0.850. The SMILES string of the molecule is O=S(=O)(Cl)c1c(C(F)F)ncc(I)c1I. The quantitative estimate of drug-likeness (QED) is 0.484. The van der Waals surface area contributed by atoms with E-state index in [9.17, 15) is 17.2 Å². The second-order valence-electron chi connectivity index (χ2n) is 2.37. The van der Waals surface area contributed by atoms with E-state index >= 15 is 0 Å². The van der Waals surface area contributed by atoms with E-state index in [4.69, 9.17) is 10.7 Å². The van der Waals surface area contributed by atoms with Gasteiger partial charge in [-0.15, -0.1) is 0 Å². The summed E-state index contributed by atoms with van der Waals surface area (Å²) in [6.07, 6.45) is -1.80. The minimum Gasteiger partial charge on any atom is -0.253 e. The second kappa shape index (κ2) is 4.92. The molecule has 1 aromatic heterocycles. The van der Waals surface area contributed by atoms with Gasteiger partial charge >= 0.3 is 0 Å². The van der Waals surface area contributed by atoms with Crippen LogP contribution in [0.3, 0.4) is 0 Å². The lowest BCUT2D eigenvalue weighted by Gasteiger charge is -2.08. The predicted octanol–water partition coefficient (Wildman–Crippen LogP) is 3.16. The van der Waals surface area contributed by atoms with E-state index in [1.54, 1.807) is 45.2 Å². The summed E-state index contributed by atoms with van der Waals surface area (Å²) in [5.74, 6) is 0. The predicted molar refractivity (Wildman–Crippen MR) is 67.7 cm³/mol. The fraction of sp³-hybridized carbons (Fsp3) is 0.167. The molecule has 0 saturated carbocycles. The van der Waals surface area contributed by atoms with Crippen LogP contribution < -0.4 is 0 Å². The van der Waals surface area contributed by atoms with E-state index in [2.05, 4.69) is 4.98 Å². The normalized spacial score (nSPS) is 12.1. The molecule has 1 rings (SSSR count). The van der Waals surface area contributed by atoms with Gasteiger partial charge in [-0.1, -0.05) is 0 Å². The van der Waals surface area contributed by atoms with Gasteiger partial charge in [0.15, 0.2) is 0 Å². The molecule has 0 aliphatic carbocycles. The molecule has 0 aromatic carbocycles. The topological polar surface area (TPSA) is 47.0 Å². The van der Waals surface area contributed by atoms with Crippen LogP contribution in [0.25, 0.3) is 0 Å². The Balaban J connectivity index is 3.65. The summed E-state index contributed by atoms with van der Waals surface area (Å²) in [5, 5.41) is 0. The molecule has 0 bridgehead atoms. The minimum atomic E-state index is -4.21. The van der Waals surface area contributed by atoms with E-state index in [0.717, 1.165) is 0 Å². The highest BCUT2D eigenvalue weighted by atomic mass is 127. The van der Waals surface area contributed by atoms with Crippen molar-refractivity contribution in [2.75, 3.05) is 0 Å². The van der Waals surface area contributed by atoms with E-state index < -0.39 is 26.1 Å². The van der Waals surface area contributed by atoms with Gasteiger partial charge in [0.1, 0.15) is 10.6 Å². The second-order valence-corrected chi connectivity index (χ2v) is 7.12. The molecule has 84 valence electrons. The van der Waals surface area contributed by atoms with Crippen LogP contribution in [0.4, 0.5) is 8.78 Å². The highest BCUT2D eigenvalue weighted by Crippen LogP contribution is 2.32. The first-order valence-electron chi connectivity index (χ1n) is 3.32. The molecule has 15 heavy (non-hydrogen) atoms. The molecule has 0 aliphatic heterocycles. The van der Waals surface area contributed by atoms with Gasteiger partial charge in [0, 0.05) is 24.0 Å². The number of alkyl halides is 2. The van der Waals surface area contributed by atoms with E-state index in [1.807, 2.05) is 0 Å². The summed E-state index contributed by atoms with van der Waals surface area (Å²) in [7, 11) is 0.862. The zero-order valence-electron chi connectivity index (χ0n) is 6.72. The molecule has 0 spiro atoms. The Morgan fingerprint density at radius 2 is 1.93 bits per heavy atom. The summed E-state index contributed by atoms with van der Waals surface area (Å²) in [5.41, 5.74) is -0.810. The first-order valence-corrected chi connectivity index (χ1v) is 7.78. The lowest BCUT2D eigenvalue weighted by atomic mass is 10.4. The molecule has 0 radical (unpaired) electrons. The first-order chi connectivity index (χ1) is 6.75. The Kier molecular flexibility index (Phi) is 4.52. The lowest BCUT2D eigenvalue weighted by Crippen LogP contribution is -2.06. The number of hydrogen-bond acceptors (Lipinski definition) is 3. The third kappa shape index (κ3) is 3.09. The Hall–Kier alpha value is 0.710. The Bertz CT molecular complexity index is 494. The van der Waals surface area contributed by atoms with Gasteiger partial charge in [0.2, 0.25) is 0 Å². The monoisotopic (exact) mass is 479 g/mol. The van der Waals surface area contributed by atoms with Crippen LogP contribution in [0.2, 0.25) is 0 Å². The van der Waals surface area contributed by atoms with E-state index in [1.165, 1.54) is 6.20 Å². The average Bonchev–Trinajstić information content (AvgIpc) is 2.06. The fourth-order valence-corrected chi connectivity index (χ4v) is 4.30. The minimum absolute atomic E-state index is 0.161. The standard InChI is InChI=1S/C6H2ClF2I2NO2S/c7-15(13,14)5-3(11)2(10)1-12-4(5)6(8)9/h1,6H. The molecule has 3 nitrogen and oxygen atoms in total. The van der Waals surface area contributed by atoms with Crippen LogP contribution >= 0.6 is 55.9 Å². The summed E-state index contributed by atoms with van der Waals surface area (Å²) >= 11 is 3.44. The molecule has 0 aliphatic rings. The van der Waals surface area contributed by atoms with Crippen LogP contribution in [-0.4, -0.2) is 13.4 Å². The molecule has 0 N–H and O–H groups in total. The molecule has 0 saturated heterocycles. The molecule has 1 aromatic rings. The Morgan fingerprint density at radius 3 is 2.33 bits per heavy atom. The van der Waals surface area contributed by atoms with Crippen molar-refractivity contribution in [3.8, 4) is 0 Å². The molecule has 0 atom stereocenters. The van der Waals surface area contributed by atoms with Crippen LogP contribution in [0.5, 0.6) is 0 Å². The lowest BCUT2D eigenvalue weighted by molar-refractivity contribution is 0.142. The molecule has 9 heteroatoms. The zero-order valence-corrected chi connectivity index (χ0v) is 12.6. The average molecular weight is 479 g/mol. The molecule has 0 amide bonds. The van der Waals surface area contributed by atoms with Crippen molar-refractivity contribution in [1.29, 1.82) is 0 Å². The number of aromatic nitrogens is 1.